The Labute approximate surface area is 167 Å². The molecule has 0 aromatic heterocycles. The van der Waals surface area contributed by atoms with Crippen LogP contribution in [-0.2, 0) is 20.4 Å². The summed E-state index contributed by atoms with van der Waals surface area (Å²) in [5, 5.41) is 2.73. The van der Waals surface area contributed by atoms with Crippen LogP contribution < -0.4 is 5.32 Å². The van der Waals surface area contributed by atoms with E-state index in [9.17, 15) is 13.2 Å². The average Bonchev–Trinajstić information content (AvgIpc) is 2.62. The predicted molar refractivity (Wildman–Crippen MR) is 112 cm³/mol. The molecule has 0 fully saturated rings. The number of carbonyl (C=O) groups excluding carboxylic acids is 1. The molecular formula is C21H18BrNO3S. The molecule has 3 rings (SSSR count). The minimum Gasteiger partial charge on any atom is -0.325 e. The van der Waals surface area contributed by atoms with Crippen molar-refractivity contribution in [3.8, 4) is 11.1 Å². The molecule has 0 aliphatic rings. The van der Waals surface area contributed by atoms with E-state index >= 15 is 0 Å². The smallest absolute Gasteiger partial charge is 0.239 e. The van der Waals surface area contributed by atoms with E-state index in [1.54, 1.807) is 30.3 Å². The van der Waals surface area contributed by atoms with Gasteiger partial charge in [0, 0.05) is 15.7 Å². The van der Waals surface area contributed by atoms with E-state index in [1.165, 1.54) is 0 Å². The highest BCUT2D eigenvalue weighted by atomic mass is 79.9. The molecule has 0 heterocycles. The van der Waals surface area contributed by atoms with Gasteiger partial charge in [0.1, 0.15) is 5.75 Å². The predicted octanol–water partition coefficient (Wildman–Crippen LogP) is 4.67. The summed E-state index contributed by atoms with van der Waals surface area (Å²) in [6.07, 6.45) is 0. The third kappa shape index (κ3) is 5.52. The molecule has 27 heavy (non-hydrogen) atoms. The number of para-hydroxylation sites is 1. The zero-order valence-corrected chi connectivity index (χ0v) is 16.8. The Balaban J connectivity index is 1.73. The first-order valence-corrected chi connectivity index (χ1v) is 10.9. The van der Waals surface area contributed by atoms with Crippen molar-refractivity contribution in [1.82, 2.24) is 0 Å². The van der Waals surface area contributed by atoms with Gasteiger partial charge in [-0.05, 0) is 29.3 Å². The van der Waals surface area contributed by atoms with Gasteiger partial charge in [0.2, 0.25) is 5.91 Å². The first-order valence-electron chi connectivity index (χ1n) is 8.32. The summed E-state index contributed by atoms with van der Waals surface area (Å²) in [5.41, 5.74) is 3.02. The van der Waals surface area contributed by atoms with E-state index in [0.29, 0.717) is 11.3 Å². The normalized spacial score (nSPS) is 11.1. The van der Waals surface area contributed by atoms with Crippen LogP contribution >= 0.6 is 15.9 Å². The molecule has 138 valence electrons. The SMILES string of the molecule is O=C(CS(=O)(=O)Cc1cccc(Br)c1)Nc1ccccc1-c1ccccc1. The number of carbonyl (C=O) groups is 1. The van der Waals surface area contributed by atoms with E-state index in [1.807, 2.05) is 48.5 Å². The summed E-state index contributed by atoms with van der Waals surface area (Å²) < 4.78 is 25.6. The highest BCUT2D eigenvalue weighted by molar-refractivity contribution is 9.10. The lowest BCUT2D eigenvalue weighted by atomic mass is 10.0. The summed E-state index contributed by atoms with van der Waals surface area (Å²) in [5.74, 6) is -1.29. The molecule has 3 aromatic rings. The maximum Gasteiger partial charge on any atom is 0.239 e. The first-order chi connectivity index (χ1) is 12.9. The van der Waals surface area contributed by atoms with Gasteiger partial charge in [-0.25, -0.2) is 8.42 Å². The Morgan fingerprint density at radius 3 is 2.33 bits per heavy atom. The molecule has 0 aliphatic heterocycles. The molecular weight excluding hydrogens is 426 g/mol. The zero-order chi connectivity index (χ0) is 19.3. The molecule has 0 radical (unpaired) electrons. The van der Waals surface area contributed by atoms with E-state index < -0.39 is 21.5 Å². The number of anilines is 1. The minimum absolute atomic E-state index is 0.180. The summed E-state index contributed by atoms with van der Waals surface area (Å²) in [7, 11) is -3.58. The second-order valence-corrected chi connectivity index (χ2v) is 9.10. The molecule has 0 saturated heterocycles. The van der Waals surface area contributed by atoms with Gasteiger partial charge in [0.25, 0.3) is 0 Å². The molecule has 0 bridgehead atoms. The third-order valence-electron chi connectivity index (χ3n) is 3.91. The fraction of sp³-hybridized carbons (Fsp3) is 0.0952. The Morgan fingerprint density at radius 2 is 1.59 bits per heavy atom. The van der Waals surface area contributed by atoms with Gasteiger partial charge in [-0.15, -0.1) is 0 Å². The van der Waals surface area contributed by atoms with Crippen molar-refractivity contribution < 1.29 is 13.2 Å². The lowest BCUT2D eigenvalue weighted by Gasteiger charge is -2.11. The zero-order valence-electron chi connectivity index (χ0n) is 14.4. The van der Waals surface area contributed by atoms with Gasteiger partial charge in [0.05, 0.1) is 5.75 Å². The van der Waals surface area contributed by atoms with Crippen LogP contribution in [0.2, 0.25) is 0 Å². The Bertz CT molecular complexity index is 1050. The van der Waals surface area contributed by atoms with Crippen LogP contribution in [0.4, 0.5) is 5.69 Å². The van der Waals surface area contributed by atoms with Crippen LogP contribution in [0.15, 0.2) is 83.3 Å². The number of benzene rings is 3. The van der Waals surface area contributed by atoms with Crippen molar-refractivity contribution >= 4 is 37.4 Å². The summed E-state index contributed by atoms with van der Waals surface area (Å²) in [6.45, 7) is 0. The first kappa shape index (κ1) is 19.3. The van der Waals surface area contributed by atoms with Gasteiger partial charge in [-0.3, -0.25) is 4.79 Å². The molecule has 4 nitrogen and oxygen atoms in total. The van der Waals surface area contributed by atoms with Gasteiger partial charge in [0.15, 0.2) is 9.84 Å². The van der Waals surface area contributed by atoms with Gasteiger partial charge >= 0.3 is 0 Å². The number of rotatable bonds is 6. The van der Waals surface area contributed by atoms with Crippen molar-refractivity contribution in [3.05, 3.63) is 88.9 Å². The largest absolute Gasteiger partial charge is 0.325 e. The molecule has 0 aliphatic carbocycles. The number of amides is 1. The highest BCUT2D eigenvalue weighted by Crippen LogP contribution is 2.27. The van der Waals surface area contributed by atoms with E-state index in [-0.39, 0.29) is 5.75 Å². The molecule has 1 amide bonds. The summed E-state index contributed by atoms with van der Waals surface area (Å²) >= 11 is 3.32. The van der Waals surface area contributed by atoms with Gasteiger partial charge in [-0.2, -0.15) is 0 Å². The maximum absolute atomic E-state index is 12.4. The fourth-order valence-electron chi connectivity index (χ4n) is 2.78. The van der Waals surface area contributed by atoms with Gasteiger partial charge < -0.3 is 5.32 Å². The molecule has 0 saturated carbocycles. The minimum atomic E-state index is -3.58. The Hall–Kier alpha value is -2.44. The molecule has 3 aromatic carbocycles. The van der Waals surface area contributed by atoms with Crippen LogP contribution in [0.25, 0.3) is 11.1 Å². The second-order valence-electron chi connectivity index (χ2n) is 6.12. The van der Waals surface area contributed by atoms with Crippen molar-refractivity contribution in [3.63, 3.8) is 0 Å². The summed E-state index contributed by atoms with van der Waals surface area (Å²) in [4.78, 5) is 12.4. The van der Waals surface area contributed by atoms with Crippen LogP contribution in [0.1, 0.15) is 5.56 Å². The summed E-state index contributed by atoms with van der Waals surface area (Å²) in [6, 6.07) is 24.0. The standard InChI is InChI=1S/C21H18BrNO3S/c22-18-10-6-7-16(13-18)14-27(25,26)15-21(24)23-20-12-5-4-11-19(20)17-8-2-1-3-9-17/h1-13H,14-15H2,(H,23,24). The second kappa shape index (κ2) is 8.50. The van der Waals surface area contributed by atoms with Crippen molar-refractivity contribution in [2.45, 2.75) is 5.75 Å². The number of hydrogen-bond donors (Lipinski definition) is 1. The lowest BCUT2D eigenvalue weighted by molar-refractivity contribution is -0.113. The van der Waals surface area contributed by atoms with Crippen molar-refractivity contribution in [2.75, 3.05) is 11.1 Å². The van der Waals surface area contributed by atoms with E-state index in [4.69, 9.17) is 0 Å². The van der Waals surface area contributed by atoms with E-state index in [0.717, 1.165) is 15.6 Å². The number of sulfone groups is 1. The molecule has 0 unspecified atom stereocenters. The van der Waals surface area contributed by atoms with Gasteiger partial charge in [-0.1, -0.05) is 76.6 Å². The lowest BCUT2D eigenvalue weighted by Crippen LogP contribution is -2.24. The number of nitrogens with one attached hydrogen (secondary N) is 1. The van der Waals surface area contributed by atoms with Crippen LogP contribution in [0, 0.1) is 0 Å². The van der Waals surface area contributed by atoms with Crippen LogP contribution in [-0.4, -0.2) is 20.1 Å². The maximum atomic E-state index is 12.4. The molecule has 0 atom stereocenters. The molecule has 1 N–H and O–H groups in total. The molecule has 6 heteroatoms. The fourth-order valence-corrected chi connectivity index (χ4v) is 4.49. The topological polar surface area (TPSA) is 63.2 Å². The van der Waals surface area contributed by atoms with Crippen molar-refractivity contribution in [2.24, 2.45) is 0 Å². The Morgan fingerprint density at radius 1 is 0.889 bits per heavy atom. The number of halogens is 1. The van der Waals surface area contributed by atoms with Crippen molar-refractivity contribution in [1.29, 1.82) is 0 Å². The Kier molecular flexibility index (Phi) is 6.08. The monoisotopic (exact) mass is 443 g/mol. The third-order valence-corrected chi connectivity index (χ3v) is 5.88. The van der Waals surface area contributed by atoms with Crippen LogP contribution in [0.3, 0.4) is 0 Å². The van der Waals surface area contributed by atoms with E-state index in [2.05, 4.69) is 21.2 Å². The quantitative estimate of drug-likeness (QED) is 0.601. The van der Waals surface area contributed by atoms with Crippen LogP contribution in [0.5, 0.6) is 0 Å². The average molecular weight is 444 g/mol. The molecule has 0 spiro atoms. The number of hydrogen-bond acceptors (Lipinski definition) is 3. The highest BCUT2D eigenvalue weighted by Gasteiger charge is 2.18.